The molecule has 0 atom stereocenters. The zero-order valence-electron chi connectivity index (χ0n) is 9.52. The number of non-ortho nitro benzene ring substituents is 1. The smallest absolute Gasteiger partial charge is 0.429 e. The molecule has 0 unspecified atom stereocenters. The molecule has 0 radical (unpaired) electrons. The lowest BCUT2D eigenvalue weighted by Crippen LogP contribution is -2.10. The van der Waals surface area contributed by atoms with Gasteiger partial charge in [-0.05, 0) is 12.1 Å². The minimum absolute atomic E-state index is 0.0324. The zero-order valence-corrected chi connectivity index (χ0v) is 9.52. The number of nitro benzene ring substituents is 1. The molecule has 0 aliphatic rings. The van der Waals surface area contributed by atoms with E-state index in [1.165, 1.54) is 36.7 Å². The normalized spacial score (nSPS) is 9.89. The van der Waals surface area contributed by atoms with E-state index in [0.717, 1.165) is 0 Å². The lowest BCUT2D eigenvalue weighted by molar-refractivity contribution is -0.384. The van der Waals surface area contributed by atoms with Crippen molar-refractivity contribution in [2.75, 3.05) is 0 Å². The molecule has 0 N–H and O–H groups in total. The van der Waals surface area contributed by atoms with E-state index in [2.05, 4.69) is 9.68 Å². The van der Waals surface area contributed by atoms with Gasteiger partial charge in [-0.3, -0.25) is 10.1 Å². The number of benzene rings is 1. The standard InChI is InChI=1S/C11H8N2O6/c14-11(17-6-8-5-12-18-7-8)19-10-3-1-9(2-4-10)13(15)16/h1-5,7H,6H2. The summed E-state index contributed by atoms with van der Waals surface area (Å²) >= 11 is 0. The molecule has 8 nitrogen and oxygen atoms in total. The molecule has 1 aromatic heterocycles. The summed E-state index contributed by atoms with van der Waals surface area (Å²) in [5.41, 5.74) is 0.492. The third kappa shape index (κ3) is 3.53. The number of hydrogen-bond acceptors (Lipinski definition) is 7. The Bertz CT molecular complexity index is 563. The van der Waals surface area contributed by atoms with Gasteiger partial charge in [0.15, 0.2) is 0 Å². The number of hydrogen-bond donors (Lipinski definition) is 0. The molecule has 2 aromatic rings. The summed E-state index contributed by atoms with van der Waals surface area (Å²) in [6.45, 7) is -0.0324. The summed E-state index contributed by atoms with van der Waals surface area (Å²) in [6, 6.07) is 5.06. The Morgan fingerprint density at radius 2 is 2.11 bits per heavy atom. The van der Waals surface area contributed by atoms with Crippen molar-refractivity contribution < 1.29 is 23.7 Å². The summed E-state index contributed by atoms with van der Waals surface area (Å²) in [7, 11) is 0. The van der Waals surface area contributed by atoms with Crippen molar-refractivity contribution >= 4 is 11.8 Å². The molecule has 19 heavy (non-hydrogen) atoms. The molecule has 0 saturated heterocycles. The third-order valence-corrected chi connectivity index (χ3v) is 2.09. The van der Waals surface area contributed by atoms with Crippen molar-refractivity contribution in [1.29, 1.82) is 0 Å². The number of carbonyl (C=O) groups excluding carboxylic acids is 1. The first-order valence-corrected chi connectivity index (χ1v) is 5.12. The fourth-order valence-electron chi connectivity index (χ4n) is 1.20. The van der Waals surface area contributed by atoms with Gasteiger partial charge >= 0.3 is 6.16 Å². The van der Waals surface area contributed by atoms with Crippen molar-refractivity contribution in [1.82, 2.24) is 5.16 Å². The highest BCUT2D eigenvalue weighted by Gasteiger charge is 2.09. The average molecular weight is 264 g/mol. The first-order valence-electron chi connectivity index (χ1n) is 5.12. The minimum Gasteiger partial charge on any atom is -0.429 e. The van der Waals surface area contributed by atoms with E-state index in [9.17, 15) is 14.9 Å². The Kier molecular flexibility index (Phi) is 3.72. The van der Waals surface area contributed by atoms with Crippen LogP contribution in [0.4, 0.5) is 10.5 Å². The molecule has 0 saturated carbocycles. The molecule has 0 fully saturated rings. The van der Waals surface area contributed by atoms with Crippen molar-refractivity contribution in [3.63, 3.8) is 0 Å². The van der Waals surface area contributed by atoms with Gasteiger partial charge in [-0.15, -0.1) is 0 Å². The quantitative estimate of drug-likeness (QED) is 0.361. The van der Waals surface area contributed by atoms with Crippen LogP contribution in [0.1, 0.15) is 5.56 Å². The number of carbonyl (C=O) groups is 1. The maximum atomic E-state index is 11.3. The second kappa shape index (κ2) is 5.63. The molecule has 0 aliphatic heterocycles. The largest absolute Gasteiger partial charge is 0.514 e. The van der Waals surface area contributed by atoms with Gasteiger partial charge in [-0.25, -0.2) is 4.79 Å². The Hall–Kier alpha value is -2.90. The topological polar surface area (TPSA) is 105 Å². The van der Waals surface area contributed by atoms with Gasteiger partial charge < -0.3 is 14.0 Å². The molecule has 0 amide bonds. The number of ether oxygens (including phenoxy) is 2. The molecule has 0 bridgehead atoms. The van der Waals surface area contributed by atoms with Gasteiger partial charge in [-0.1, -0.05) is 5.16 Å². The van der Waals surface area contributed by atoms with Gasteiger partial charge in [0, 0.05) is 17.7 Å². The van der Waals surface area contributed by atoms with Crippen LogP contribution in [0.3, 0.4) is 0 Å². The summed E-state index contributed by atoms with van der Waals surface area (Å²) < 4.78 is 14.1. The van der Waals surface area contributed by atoms with Crippen LogP contribution in [-0.4, -0.2) is 16.2 Å². The van der Waals surface area contributed by atoms with Crippen LogP contribution in [0.5, 0.6) is 5.75 Å². The Balaban J connectivity index is 1.86. The van der Waals surface area contributed by atoms with Gasteiger partial charge in [0.25, 0.3) is 5.69 Å². The van der Waals surface area contributed by atoms with Gasteiger partial charge in [0.2, 0.25) is 0 Å². The van der Waals surface area contributed by atoms with Gasteiger partial charge in [0.05, 0.1) is 11.1 Å². The fraction of sp³-hybridized carbons (Fsp3) is 0.0909. The summed E-state index contributed by atoms with van der Waals surface area (Å²) in [5, 5.41) is 13.9. The molecule has 0 aliphatic carbocycles. The molecule has 1 aromatic carbocycles. The SMILES string of the molecule is O=C(OCc1cnoc1)Oc1ccc([N+](=O)[O-])cc1. The minimum atomic E-state index is -0.921. The predicted molar refractivity (Wildman–Crippen MR) is 60.4 cm³/mol. The average Bonchev–Trinajstić information content (AvgIpc) is 2.90. The number of rotatable bonds is 4. The van der Waals surface area contributed by atoms with E-state index in [4.69, 9.17) is 9.47 Å². The molecular formula is C11H8N2O6. The van der Waals surface area contributed by atoms with Gasteiger partial charge in [0.1, 0.15) is 18.6 Å². The number of nitro groups is 1. The fourth-order valence-corrected chi connectivity index (χ4v) is 1.20. The highest BCUT2D eigenvalue weighted by molar-refractivity contribution is 5.64. The molecule has 98 valence electrons. The molecule has 1 heterocycles. The Morgan fingerprint density at radius 3 is 2.68 bits per heavy atom. The number of nitrogens with zero attached hydrogens (tertiary/aromatic N) is 2. The van der Waals surface area contributed by atoms with Crippen LogP contribution < -0.4 is 4.74 Å². The first kappa shape index (κ1) is 12.6. The van der Waals surface area contributed by atoms with E-state index in [1.54, 1.807) is 0 Å². The van der Waals surface area contributed by atoms with Crippen LogP contribution in [-0.2, 0) is 11.3 Å². The van der Waals surface area contributed by atoms with Crippen LogP contribution in [0.15, 0.2) is 41.2 Å². The maximum absolute atomic E-state index is 11.3. The molecule has 0 spiro atoms. The number of aromatic nitrogens is 1. The second-order valence-corrected chi connectivity index (χ2v) is 3.42. The summed E-state index contributed by atoms with van der Waals surface area (Å²) in [4.78, 5) is 21.2. The van der Waals surface area contributed by atoms with Crippen LogP contribution in [0.25, 0.3) is 0 Å². The van der Waals surface area contributed by atoms with Crippen molar-refractivity contribution in [2.24, 2.45) is 0 Å². The molecule has 8 heteroatoms. The Labute approximate surface area is 106 Å². The molecule has 2 rings (SSSR count). The van der Waals surface area contributed by atoms with Crippen molar-refractivity contribution in [3.8, 4) is 5.75 Å². The summed E-state index contributed by atoms with van der Waals surface area (Å²) in [5.74, 6) is 0.154. The Morgan fingerprint density at radius 1 is 1.37 bits per heavy atom. The van der Waals surface area contributed by atoms with E-state index in [1.807, 2.05) is 0 Å². The highest BCUT2D eigenvalue weighted by Crippen LogP contribution is 2.17. The monoisotopic (exact) mass is 264 g/mol. The lowest BCUT2D eigenvalue weighted by Gasteiger charge is -2.04. The van der Waals surface area contributed by atoms with E-state index >= 15 is 0 Å². The van der Waals surface area contributed by atoms with E-state index in [-0.39, 0.29) is 18.0 Å². The van der Waals surface area contributed by atoms with Crippen LogP contribution in [0.2, 0.25) is 0 Å². The predicted octanol–water partition coefficient (Wildman–Crippen LogP) is 2.30. The summed E-state index contributed by atoms with van der Waals surface area (Å²) in [6.07, 6.45) is 1.81. The third-order valence-electron chi connectivity index (χ3n) is 2.09. The highest BCUT2D eigenvalue weighted by atomic mass is 16.7. The van der Waals surface area contributed by atoms with Crippen LogP contribution >= 0.6 is 0 Å². The second-order valence-electron chi connectivity index (χ2n) is 3.42. The van der Waals surface area contributed by atoms with E-state index < -0.39 is 11.1 Å². The first-order chi connectivity index (χ1) is 9.15. The van der Waals surface area contributed by atoms with Gasteiger partial charge in [-0.2, -0.15) is 0 Å². The maximum Gasteiger partial charge on any atom is 0.514 e. The molecular weight excluding hydrogens is 256 g/mol. The van der Waals surface area contributed by atoms with Crippen molar-refractivity contribution in [2.45, 2.75) is 6.61 Å². The van der Waals surface area contributed by atoms with Crippen molar-refractivity contribution in [3.05, 3.63) is 52.4 Å². The lowest BCUT2D eigenvalue weighted by atomic mass is 10.3. The van der Waals surface area contributed by atoms with Crippen LogP contribution in [0, 0.1) is 10.1 Å². The van der Waals surface area contributed by atoms with E-state index in [0.29, 0.717) is 5.56 Å². The zero-order chi connectivity index (χ0) is 13.7.